The first kappa shape index (κ1) is 15.3. The molecule has 1 aliphatic carbocycles. The number of aromatic nitrogens is 1. The third kappa shape index (κ3) is 3.50. The number of anilines is 2. The molecule has 0 aliphatic heterocycles. The SMILES string of the molecule is O=C(Nc1cnc2ccccc2c1)c1cccc(NC(=O)C2CC2)c1. The molecule has 0 unspecified atom stereocenters. The lowest BCUT2D eigenvalue weighted by Crippen LogP contribution is -2.15. The molecular weight excluding hydrogens is 314 g/mol. The van der Waals surface area contributed by atoms with Crippen molar-refractivity contribution in [2.75, 3.05) is 10.6 Å². The summed E-state index contributed by atoms with van der Waals surface area (Å²) in [6, 6.07) is 16.6. The van der Waals surface area contributed by atoms with Gasteiger partial charge in [0.25, 0.3) is 5.91 Å². The molecule has 2 N–H and O–H groups in total. The average molecular weight is 331 g/mol. The molecule has 1 heterocycles. The maximum atomic E-state index is 12.5. The number of nitrogens with zero attached hydrogens (tertiary/aromatic N) is 1. The van der Waals surface area contributed by atoms with Crippen LogP contribution in [0.4, 0.5) is 11.4 Å². The van der Waals surface area contributed by atoms with Gasteiger partial charge in [-0.05, 0) is 43.2 Å². The smallest absolute Gasteiger partial charge is 0.255 e. The number of pyridine rings is 1. The van der Waals surface area contributed by atoms with Crippen molar-refractivity contribution in [3.63, 3.8) is 0 Å². The zero-order valence-corrected chi connectivity index (χ0v) is 13.5. The Morgan fingerprint density at radius 1 is 0.920 bits per heavy atom. The number of carbonyl (C=O) groups excluding carboxylic acids is 2. The molecule has 0 radical (unpaired) electrons. The predicted molar refractivity (Wildman–Crippen MR) is 97.5 cm³/mol. The van der Waals surface area contributed by atoms with Gasteiger partial charge in [-0.1, -0.05) is 24.3 Å². The molecule has 25 heavy (non-hydrogen) atoms. The van der Waals surface area contributed by atoms with Gasteiger partial charge in [0.05, 0.1) is 17.4 Å². The molecule has 1 fully saturated rings. The fraction of sp³-hybridized carbons (Fsp3) is 0.150. The van der Waals surface area contributed by atoms with Gasteiger partial charge in [-0.15, -0.1) is 0 Å². The quantitative estimate of drug-likeness (QED) is 0.763. The first-order valence-electron chi connectivity index (χ1n) is 8.26. The van der Waals surface area contributed by atoms with Crippen LogP contribution in [0.3, 0.4) is 0 Å². The molecule has 0 spiro atoms. The van der Waals surface area contributed by atoms with Gasteiger partial charge in [-0.2, -0.15) is 0 Å². The topological polar surface area (TPSA) is 71.1 Å². The van der Waals surface area contributed by atoms with Crippen molar-refractivity contribution >= 4 is 34.1 Å². The Morgan fingerprint density at radius 2 is 1.76 bits per heavy atom. The van der Waals surface area contributed by atoms with E-state index in [1.807, 2.05) is 30.3 Å². The summed E-state index contributed by atoms with van der Waals surface area (Å²) in [4.78, 5) is 28.7. The summed E-state index contributed by atoms with van der Waals surface area (Å²) in [5.74, 6) is -0.0861. The maximum absolute atomic E-state index is 12.5. The molecule has 5 heteroatoms. The Kier molecular flexibility index (Phi) is 3.90. The Hall–Kier alpha value is -3.21. The number of hydrogen-bond donors (Lipinski definition) is 2. The molecule has 0 bridgehead atoms. The van der Waals surface area contributed by atoms with Crippen molar-refractivity contribution in [2.45, 2.75) is 12.8 Å². The summed E-state index contributed by atoms with van der Waals surface area (Å²) in [7, 11) is 0. The fourth-order valence-electron chi connectivity index (χ4n) is 2.67. The van der Waals surface area contributed by atoms with Crippen LogP contribution in [-0.2, 0) is 4.79 Å². The number of carbonyl (C=O) groups is 2. The summed E-state index contributed by atoms with van der Waals surface area (Å²) < 4.78 is 0. The number of hydrogen-bond acceptors (Lipinski definition) is 3. The Balaban J connectivity index is 1.50. The molecule has 1 saturated carbocycles. The monoisotopic (exact) mass is 331 g/mol. The highest BCUT2D eigenvalue weighted by molar-refractivity contribution is 6.06. The number of amides is 2. The average Bonchev–Trinajstić information content (AvgIpc) is 3.47. The lowest BCUT2D eigenvalue weighted by atomic mass is 10.1. The third-order valence-corrected chi connectivity index (χ3v) is 4.19. The zero-order valence-electron chi connectivity index (χ0n) is 13.5. The number of rotatable bonds is 4. The third-order valence-electron chi connectivity index (χ3n) is 4.19. The molecule has 0 saturated heterocycles. The number of benzene rings is 2. The summed E-state index contributed by atoms with van der Waals surface area (Å²) >= 11 is 0. The van der Waals surface area contributed by atoms with Crippen LogP contribution < -0.4 is 10.6 Å². The number of para-hydroxylation sites is 1. The lowest BCUT2D eigenvalue weighted by molar-refractivity contribution is -0.117. The van der Waals surface area contributed by atoms with Gasteiger partial charge in [-0.3, -0.25) is 14.6 Å². The standard InChI is InChI=1S/C20H17N3O2/c24-19(13-8-9-13)22-16-6-3-5-15(11-16)20(25)23-17-10-14-4-1-2-7-18(14)21-12-17/h1-7,10-13H,8-9H2,(H,22,24)(H,23,25). The van der Waals surface area contributed by atoms with E-state index < -0.39 is 0 Å². The second-order valence-electron chi connectivity index (χ2n) is 6.22. The van der Waals surface area contributed by atoms with Gasteiger partial charge in [-0.25, -0.2) is 0 Å². The van der Waals surface area contributed by atoms with Crippen molar-refractivity contribution in [3.8, 4) is 0 Å². The van der Waals surface area contributed by atoms with E-state index in [0.29, 0.717) is 16.9 Å². The van der Waals surface area contributed by atoms with E-state index in [9.17, 15) is 9.59 Å². The van der Waals surface area contributed by atoms with Crippen LogP contribution in [0.2, 0.25) is 0 Å². The summed E-state index contributed by atoms with van der Waals surface area (Å²) in [6.07, 6.45) is 3.53. The second-order valence-corrected chi connectivity index (χ2v) is 6.22. The lowest BCUT2D eigenvalue weighted by Gasteiger charge is -2.08. The van der Waals surface area contributed by atoms with E-state index >= 15 is 0 Å². The number of nitrogens with one attached hydrogen (secondary N) is 2. The van der Waals surface area contributed by atoms with Crippen molar-refractivity contribution < 1.29 is 9.59 Å². The van der Waals surface area contributed by atoms with Crippen molar-refractivity contribution in [1.82, 2.24) is 4.98 Å². The summed E-state index contributed by atoms with van der Waals surface area (Å²) in [5.41, 5.74) is 2.64. The normalized spacial score (nSPS) is 13.4. The van der Waals surface area contributed by atoms with Crippen LogP contribution in [0.25, 0.3) is 10.9 Å². The minimum absolute atomic E-state index is 0.0243. The Morgan fingerprint density at radius 3 is 2.60 bits per heavy atom. The van der Waals surface area contributed by atoms with Crippen LogP contribution in [0, 0.1) is 5.92 Å². The molecule has 2 amide bonds. The van der Waals surface area contributed by atoms with E-state index in [2.05, 4.69) is 15.6 Å². The molecule has 1 aliphatic rings. The molecule has 124 valence electrons. The second kappa shape index (κ2) is 6.36. The van der Waals surface area contributed by atoms with Crippen LogP contribution in [0.1, 0.15) is 23.2 Å². The minimum Gasteiger partial charge on any atom is -0.326 e. The predicted octanol–water partition coefficient (Wildman–Crippen LogP) is 3.84. The van der Waals surface area contributed by atoms with Crippen molar-refractivity contribution in [1.29, 1.82) is 0 Å². The van der Waals surface area contributed by atoms with Crippen LogP contribution in [-0.4, -0.2) is 16.8 Å². The summed E-state index contributed by atoms with van der Waals surface area (Å²) in [6.45, 7) is 0. The van der Waals surface area contributed by atoms with Crippen LogP contribution >= 0.6 is 0 Å². The molecule has 3 aromatic rings. The zero-order chi connectivity index (χ0) is 17.2. The highest BCUT2D eigenvalue weighted by atomic mass is 16.2. The Labute approximate surface area is 145 Å². The molecule has 1 aromatic heterocycles. The van der Waals surface area contributed by atoms with E-state index in [1.165, 1.54) is 0 Å². The van der Waals surface area contributed by atoms with E-state index in [-0.39, 0.29) is 17.7 Å². The highest BCUT2D eigenvalue weighted by Crippen LogP contribution is 2.30. The molecular formula is C20H17N3O2. The molecule has 4 rings (SSSR count). The van der Waals surface area contributed by atoms with Crippen LogP contribution in [0.5, 0.6) is 0 Å². The summed E-state index contributed by atoms with van der Waals surface area (Å²) in [5, 5.41) is 6.67. The van der Waals surface area contributed by atoms with Gasteiger partial charge in [0.15, 0.2) is 0 Å². The minimum atomic E-state index is -0.236. The van der Waals surface area contributed by atoms with Gasteiger partial charge in [0, 0.05) is 22.6 Å². The van der Waals surface area contributed by atoms with Gasteiger partial charge < -0.3 is 10.6 Å². The van der Waals surface area contributed by atoms with Crippen LogP contribution in [0.15, 0.2) is 60.8 Å². The Bertz CT molecular complexity index is 964. The molecule has 2 aromatic carbocycles. The molecule has 0 atom stereocenters. The van der Waals surface area contributed by atoms with E-state index in [0.717, 1.165) is 23.7 Å². The van der Waals surface area contributed by atoms with Gasteiger partial charge >= 0.3 is 0 Å². The van der Waals surface area contributed by atoms with Gasteiger partial charge in [0.1, 0.15) is 0 Å². The first-order chi connectivity index (χ1) is 12.2. The number of fused-ring (bicyclic) bond motifs is 1. The largest absolute Gasteiger partial charge is 0.326 e. The first-order valence-corrected chi connectivity index (χ1v) is 8.26. The molecule has 5 nitrogen and oxygen atoms in total. The maximum Gasteiger partial charge on any atom is 0.255 e. The fourth-order valence-corrected chi connectivity index (χ4v) is 2.67. The van der Waals surface area contributed by atoms with Crippen molar-refractivity contribution in [2.24, 2.45) is 5.92 Å². The van der Waals surface area contributed by atoms with Crippen molar-refractivity contribution in [3.05, 3.63) is 66.4 Å². The van der Waals surface area contributed by atoms with E-state index in [1.54, 1.807) is 30.5 Å². The van der Waals surface area contributed by atoms with Gasteiger partial charge in [0.2, 0.25) is 5.91 Å². The van der Waals surface area contributed by atoms with E-state index in [4.69, 9.17) is 0 Å². The highest BCUT2D eigenvalue weighted by Gasteiger charge is 2.29.